The van der Waals surface area contributed by atoms with Gasteiger partial charge in [-0.2, -0.15) is 0 Å². The van der Waals surface area contributed by atoms with Crippen molar-refractivity contribution >= 4 is 17.5 Å². The highest BCUT2D eigenvalue weighted by atomic mass is 16.2. The van der Waals surface area contributed by atoms with Gasteiger partial charge in [0.25, 0.3) is 5.91 Å². The van der Waals surface area contributed by atoms with Gasteiger partial charge in [0, 0.05) is 30.8 Å². The van der Waals surface area contributed by atoms with Crippen LogP contribution in [0.3, 0.4) is 0 Å². The topological polar surface area (TPSA) is 52.7 Å². The van der Waals surface area contributed by atoms with Crippen LogP contribution in [0.15, 0.2) is 18.2 Å². The number of anilines is 1. The molecule has 0 saturated carbocycles. The van der Waals surface area contributed by atoms with E-state index in [1.54, 1.807) is 0 Å². The van der Waals surface area contributed by atoms with Gasteiger partial charge in [0.2, 0.25) is 5.91 Å². The number of nitrogens with zero attached hydrogens (tertiary/aromatic N) is 2. The van der Waals surface area contributed by atoms with Crippen molar-refractivity contribution in [3.05, 3.63) is 29.3 Å². The van der Waals surface area contributed by atoms with Crippen LogP contribution < -0.4 is 5.32 Å². The molecule has 5 heteroatoms. The van der Waals surface area contributed by atoms with E-state index in [2.05, 4.69) is 24.1 Å². The van der Waals surface area contributed by atoms with E-state index in [0.29, 0.717) is 12.0 Å². The molecule has 1 heterocycles. The minimum absolute atomic E-state index is 0.0248. The van der Waals surface area contributed by atoms with Crippen molar-refractivity contribution in [2.24, 2.45) is 0 Å². The maximum atomic E-state index is 12.7. The Morgan fingerprint density at radius 2 is 1.74 bits per heavy atom. The second-order valence-electron chi connectivity index (χ2n) is 7.47. The van der Waals surface area contributed by atoms with E-state index in [0.717, 1.165) is 76.1 Å². The zero-order chi connectivity index (χ0) is 19.6. The van der Waals surface area contributed by atoms with E-state index < -0.39 is 0 Å². The lowest BCUT2D eigenvalue weighted by Gasteiger charge is -2.21. The molecule has 1 aliphatic heterocycles. The van der Waals surface area contributed by atoms with Crippen molar-refractivity contribution in [3.63, 3.8) is 0 Å². The maximum Gasteiger partial charge on any atom is 0.254 e. The molecule has 2 rings (SSSR count). The molecule has 0 radical (unpaired) electrons. The normalized spacial score (nSPS) is 14.0. The SMILES string of the molecule is CCCN(CCC)CCCC(=O)Nc1cccc(C(=O)N2CCCC2)c1C. The summed E-state index contributed by atoms with van der Waals surface area (Å²) in [4.78, 5) is 29.4. The highest BCUT2D eigenvalue weighted by Crippen LogP contribution is 2.22. The summed E-state index contributed by atoms with van der Waals surface area (Å²) in [5, 5.41) is 3.01. The first-order valence-electron chi connectivity index (χ1n) is 10.5. The standard InChI is InChI=1S/C22H35N3O2/c1-4-13-24(14-5-2)15-9-12-21(26)23-20-11-8-10-19(18(20)3)22(27)25-16-6-7-17-25/h8,10-11H,4-7,9,12-17H2,1-3H3,(H,23,26). The number of hydrogen-bond donors (Lipinski definition) is 1. The first-order chi connectivity index (χ1) is 13.1. The van der Waals surface area contributed by atoms with Gasteiger partial charge in [-0.05, 0) is 76.4 Å². The summed E-state index contributed by atoms with van der Waals surface area (Å²) in [6.07, 6.45) is 5.81. The van der Waals surface area contributed by atoms with Crippen molar-refractivity contribution in [3.8, 4) is 0 Å². The number of nitrogens with one attached hydrogen (secondary N) is 1. The number of carbonyl (C=O) groups excluding carboxylic acids is 2. The summed E-state index contributed by atoms with van der Waals surface area (Å²) < 4.78 is 0. The third-order valence-corrected chi connectivity index (χ3v) is 5.19. The fourth-order valence-corrected chi connectivity index (χ4v) is 3.74. The predicted octanol–water partition coefficient (Wildman–Crippen LogP) is 4.07. The Morgan fingerprint density at radius 1 is 1.07 bits per heavy atom. The number of rotatable bonds is 10. The first-order valence-corrected chi connectivity index (χ1v) is 10.5. The summed E-state index contributed by atoms with van der Waals surface area (Å²) in [5.41, 5.74) is 2.32. The van der Waals surface area contributed by atoms with Crippen LogP contribution in [-0.2, 0) is 4.79 Å². The average Bonchev–Trinajstić information content (AvgIpc) is 3.18. The zero-order valence-electron chi connectivity index (χ0n) is 17.2. The molecule has 1 aromatic rings. The van der Waals surface area contributed by atoms with Gasteiger partial charge in [0.15, 0.2) is 0 Å². The van der Waals surface area contributed by atoms with Gasteiger partial charge in [0.05, 0.1) is 0 Å². The molecule has 0 atom stereocenters. The van der Waals surface area contributed by atoms with Crippen LogP contribution in [-0.4, -0.2) is 54.3 Å². The number of hydrogen-bond acceptors (Lipinski definition) is 3. The van der Waals surface area contributed by atoms with E-state index in [9.17, 15) is 9.59 Å². The predicted molar refractivity (Wildman–Crippen MR) is 111 cm³/mol. The van der Waals surface area contributed by atoms with Gasteiger partial charge in [0.1, 0.15) is 0 Å². The van der Waals surface area contributed by atoms with E-state index >= 15 is 0 Å². The summed E-state index contributed by atoms with van der Waals surface area (Å²) in [6.45, 7) is 11.1. The number of benzene rings is 1. The molecular weight excluding hydrogens is 338 g/mol. The number of carbonyl (C=O) groups is 2. The van der Waals surface area contributed by atoms with E-state index in [1.165, 1.54) is 0 Å². The Bertz CT molecular complexity index is 618. The Morgan fingerprint density at radius 3 is 2.37 bits per heavy atom. The lowest BCUT2D eigenvalue weighted by Crippen LogP contribution is -2.28. The Hall–Kier alpha value is -1.88. The minimum Gasteiger partial charge on any atom is -0.339 e. The van der Waals surface area contributed by atoms with Gasteiger partial charge in [-0.15, -0.1) is 0 Å². The fraction of sp³-hybridized carbons (Fsp3) is 0.636. The molecule has 0 spiro atoms. The van der Waals surface area contributed by atoms with Crippen molar-refractivity contribution in [2.75, 3.05) is 38.0 Å². The van der Waals surface area contributed by atoms with Gasteiger partial charge in [-0.25, -0.2) is 0 Å². The quantitative estimate of drug-likeness (QED) is 0.672. The molecule has 5 nitrogen and oxygen atoms in total. The van der Waals surface area contributed by atoms with E-state index in [-0.39, 0.29) is 11.8 Å². The van der Waals surface area contributed by atoms with Crippen molar-refractivity contribution in [1.29, 1.82) is 0 Å². The Labute approximate surface area is 164 Å². The summed E-state index contributed by atoms with van der Waals surface area (Å²) in [6, 6.07) is 5.60. The summed E-state index contributed by atoms with van der Waals surface area (Å²) in [5.74, 6) is 0.104. The summed E-state index contributed by atoms with van der Waals surface area (Å²) in [7, 11) is 0. The smallest absolute Gasteiger partial charge is 0.254 e. The summed E-state index contributed by atoms with van der Waals surface area (Å²) >= 11 is 0. The van der Waals surface area contributed by atoms with Crippen LogP contribution in [0.1, 0.15) is 68.3 Å². The molecule has 27 heavy (non-hydrogen) atoms. The largest absolute Gasteiger partial charge is 0.339 e. The third kappa shape index (κ3) is 6.35. The average molecular weight is 374 g/mol. The monoisotopic (exact) mass is 373 g/mol. The van der Waals surface area contributed by atoms with E-state index in [1.807, 2.05) is 30.0 Å². The third-order valence-electron chi connectivity index (χ3n) is 5.19. The number of likely N-dealkylation sites (tertiary alicyclic amines) is 1. The minimum atomic E-state index is 0.0248. The molecule has 0 bridgehead atoms. The molecule has 2 amide bonds. The lowest BCUT2D eigenvalue weighted by molar-refractivity contribution is -0.116. The molecule has 1 N–H and O–H groups in total. The highest BCUT2D eigenvalue weighted by molar-refractivity contribution is 5.99. The highest BCUT2D eigenvalue weighted by Gasteiger charge is 2.22. The first kappa shape index (κ1) is 21.4. The van der Waals surface area contributed by atoms with Crippen LogP contribution in [0.2, 0.25) is 0 Å². The van der Waals surface area contributed by atoms with Crippen molar-refractivity contribution in [1.82, 2.24) is 9.80 Å². The van der Waals surface area contributed by atoms with Crippen LogP contribution in [0, 0.1) is 6.92 Å². The zero-order valence-corrected chi connectivity index (χ0v) is 17.2. The number of amides is 2. The second-order valence-corrected chi connectivity index (χ2v) is 7.47. The maximum absolute atomic E-state index is 12.7. The molecule has 1 aromatic carbocycles. The molecule has 0 unspecified atom stereocenters. The van der Waals surface area contributed by atoms with Crippen molar-refractivity contribution < 1.29 is 9.59 Å². The van der Waals surface area contributed by atoms with Crippen LogP contribution >= 0.6 is 0 Å². The van der Waals surface area contributed by atoms with E-state index in [4.69, 9.17) is 0 Å². The second kappa shape index (κ2) is 11.1. The van der Waals surface area contributed by atoms with Gasteiger partial charge < -0.3 is 15.1 Å². The van der Waals surface area contributed by atoms with Crippen LogP contribution in [0.5, 0.6) is 0 Å². The van der Waals surface area contributed by atoms with Gasteiger partial charge in [-0.3, -0.25) is 9.59 Å². The molecule has 1 fully saturated rings. The van der Waals surface area contributed by atoms with Gasteiger partial charge >= 0.3 is 0 Å². The van der Waals surface area contributed by atoms with Crippen LogP contribution in [0.25, 0.3) is 0 Å². The fourth-order valence-electron chi connectivity index (χ4n) is 3.74. The molecule has 0 aromatic heterocycles. The molecular formula is C22H35N3O2. The lowest BCUT2D eigenvalue weighted by atomic mass is 10.1. The van der Waals surface area contributed by atoms with Crippen molar-refractivity contribution in [2.45, 2.75) is 59.3 Å². The Balaban J connectivity index is 1.89. The van der Waals surface area contributed by atoms with Crippen LogP contribution in [0.4, 0.5) is 5.69 Å². The van der Waals surface area contributed by atoms with Gasteiger partial charge in [-0.1, -0.05) is 19.9 Å². The molecule has 150 valence electrons. The molecule has 1 aliphatic rings. The molecule has 1 saturated heterocycles. The molecule has 0 aliphatic carbocycles. The Kier molecular flexibility index (Phi) is 8.79.